The number of ether oxygens (including phenoxy) is 2. The van der Waals surface area contributed by atoms with Crippen LogP contribution in [0.1, 0.15) is 28.8 Å². The molecule has 0 radical (unpaired) electrons. The number of methoxy groups -OCH3 is 2. The van der Waals surface area contributed by atoms with Gasteiger partial charge in [-0.25, -0.2) is 10.4 Å². The largest absolute Gasteiger partial charge is 0.496 e. The van der Waals surface area contributed by atoms with E-state index in [-0.39, 0.29) is 12.3 Å². The minimum atomic E-state index is -0.190. The van der Waals surface area contributed by atoms with E-state index < -0.39 is 0 Å². The third-order valence-corrected chi connectivity index (χ3v) is 4.18. The van der Waals surface area contributed by atoms with Crippen LogP contribution >= 0.6 is 11.3 Å². The molecular weight excluding hydrogens is 326 g/mol. The minimum Gasteiger partial charge on any atom is -0.496 e. The summed E-state index contributed by atoms with van der Waals surface area (Å²) in [6.45, 7) is 4.20. The van der Waals surface area contributed by atoms with Gasteiger partial charge in [0, 0.05) is 18.1 Å². The Labute approximate surface area is 145 Å². The Morgan fingerprint density at radius 1 is 1.38 bits per heavy atom. The van der Waals surface area contributed by atoms with Gasteiger partial charge in [-0.1, -0.05) is 0 Å². The summed E-state index contributed by atoms with van der Waals surface area (Å²) in [5, 5.41) is 6.99. The molecule has 1 N–H and O–H groups in total. The van der Waals surface area contributed by atoms with Crippen molar-refractivity contribution in [2.24, 2.45) is 5.10 Å². The van der Waals surface area contributed by atoms with E-state index >= 15 is 0 Å². The number of rotatable bonds is 7. The summed E-state index contributed by atoms with van der Waals surface area (Å²) >= 11 is 1.53. The highest BCUT2D eigenvalue weighted by Crippen LogP contribution is 2.21. The van der Waals surface area contributed by atoms with Gasteiger partial charge in [-0.3, -0.25) is 4.79 Å². The maximum Gasteiger partial charge on any atom is 0.246 e. The monoisotopic (exact) mass is 347 g/mol. The predicted molar refractivity (Wildman–Crippen MR) is 94.6 cm³/mol. The van der Waals surface area contributed by atoms with Gasteiger partial charge < -0.3 is 9.47 Å². The second-order valence-electron chi connectivity index (χ2n) is 5.23. The van der Waals surface area contributed by atoms with E-state index in [0.717, 1.165) is 27.6 Å². The molecule has 1 amide bonds. The first-order chi connectivity index (χ1) is 11.5. The molecule has 2 rings (SSSR count). The van der Waals surface area contributed by atoms with Crippen molar-refractivity contribution in [1.29, 1.82) is 0 Å². The predicted octanol–water partition coefficient (Wildman–Crippen LogP) is 2.69. The molecule has 1 heterocycles. The minimum absolute atomic E-state index is 0.190. The van der Waals surface area contributed by atoms with E-state index in [1.54, 1.807) is 14.2 Å². The fraction of sp³-hybridized carbons (Fsp3) is 0.353. The summed E-state index contributed by atoms with van der Waals surface area (Å²) in [6, 6.07) is 5.70. The van der Waals surface area contributed by atoms with E-state index in [1.807, 2.05) is 37.4 Å². The van der Waals surface area contributed by atoms with Gasteiger partial charge in [0.25, 0.3) is 0 Å². The summed E-state index contributed by atoms with van der Waals surface area (Å²) in [6.07, 6.45) is 0.221. The molecule has 0 spiro atoms. The number of nitrogens with one attached hydrogen (secondary N) is 1. The van der Waals surface area contributed by atoms with Crippen LogP contribution in [0.25, 0.3) is 0 Å². The Balaban J connectivity index is 2.04. The maximum absolute atomic E-state index is 11.9. The number of nitrogens with zero attached hydrogens (tertiary/aromatic N) is 2. The number of hydrogen-bond donors (Lipinski definition) is 1. The molecule has 1 aromatic heterocycles. The number of aryl methyl sites for hydroxylation is 1. The van der Waals surface area contributed by atoms with Crippen molar-refractivity contribution in [1.82, 2.24) is 10.4 Å². The topological polar surface area (TPSA) is 72.8 Å². The van der Waals surface area contributed by atoms with Gasteiger partial charge in [-0.2, -0.15) is 5.10 Å². The molecule has 0 aliphatic carbocycles. The number of carbonyl (C=O) groups excluding carboxylic acids is 1. The quantitative estimate of drug-likeness (QED) is 0.617. The molecule has 128 valence electrons. The number of hydrogen-bond acceptors (Lipinski definition) is 6. The zero-order valence-electron chi connectivity index (χ0n) is 14.3. The Kier molecular flexibility index (Phi) is 6.45. The molecule has 24 heavy (non-hydrogen) atoms. The highest BCUT2D eigenvalue weighted by Gasteiger charge is 2.08. The number of aromatic nitrogens is 1. The van der Waals surface area contributed by atoms with Crippen molar-refractivity contribution < 1.29 is 14.3 Å². The third kappa shape index (κ3) is 4.87. The molecule has 0 aliphatic rings. The van der Waals surface area contributed by atoms with E-state index in [4.69, 9.17) is 9.47 Å². The van der Waals surface area contributed by atoms with Crippen LogP contribution in [-0.2, 0) is 22.6 Å². The molecule has 0 bridgehead atoms. The van der Waals surface area contributed by atoms with Gasteiger partial charge in [0.05, 0.1) is 36.6 Å². The van der Waals surface area contributed by atoms with Gasteiger partial charge >= 0.3 is 0 Å². The lowest BCUT2D eigenvalue weighted by Gasteiger charge is -2.10. The zero-order valence-corrected chi connectivity index (χ0v) is 15.1. The average Bonchev–Trinajstić information content (AvgIpc) is 2.97. The molecular formula is C17H21N3O3S. The number of thiazole rings is 1. The summed E-state index contributed by atoms with van der Waals surface area (Å²) in [5.74, 6) is 0.571. The van der Waals surface area contributed by atoms with Crippen LogP contribution < -0.4 is 10.2 Å². The molecule has 7 heteroatoms. The number of benzene rings is 1. The molecule has 0 aliphatic heterocycles. The van der Waals surface area contributed by atoms with Crippen LogP contribution in [0.2, 0.25) is 0 Å². The van der Waals surface area contributed by atoms with Crippen LogP contribution in [0, 0.1) is 6.92 Å². The second-order valence-corrected chi connectivity index (χ2v) is 6.29. The molecule has 0 saturated heterocycles. The van der Waals surface area contributed by atoms with Gasteiger partial charge in [-0.05, 0) is 37.6 Å². The van der Waals surface area contributed by atoms with Gasteiger partial charge in [0.2, 0.25) is 5.91 Å². The van der Waals surface area contributed by atoms with Crippen LogP contribution in [0.3, 0.4) is 0 Å². The van der Waals surface area contributed by atoms with Gasteiger partial charge in [0.1, 0.15) is 5.75 Å². The highest BCUT2D eigenvalue weighted by atomic mass is 32.1. The van der Waals surface area contributed by atoms with Crippen molar-refractivity contribution in [3.63, 3.8) is 0 Å². The normalized spacial score (nSPS) is 11.4. The van der Waals surface area contributed by atoms with Crippen molar-refractivity contribution in [2.75, 3.05) is 14.2 Å². The zero-order chi connectivity index (χ0) is 17.5. The average molecular weight is 347 g/mol. The molecule has 0 unspecified atom stereocenters. The SMILES string of the molecule is COCc1cc(/C(C)=N\NC(=O)Cc2csc(C)n2)ccc1OC. The molecule has 0 atom stereocenters. The van der Waals surface area contributed by atoms with Crippen molar-refractivity contribution in [2.45, 2.75) is 26.9 Å². The van der Waals surface area contributed by atoms with Gasteiger partial charge in [-0.15, -0.1) is 11.3 Å². The first-order valence-electron chi connectivity index (χ1n) is 7.44. The fourth-order valence-corrected chi connectivity index (χ4v) is 2.79. The Morgan fingerprint density at radius 3 is 2.79 bits per heavy atom. The lowest BCUT2D eigenvalue weighted by molar-refractivity contribution is -0.120. The third-order valence-electron chi connectivity index (χ3n) is 3.35. The molecule has 6 nitrogen and oxygen atoms in total. The van der Waals surface area contributed by atoms with E-state index in [2.05, 4.69) is 15.5 Å². The van der Waals surface area contributed by atoms with Crippen molar-refractivity contribution >= 4 is 23.0 Å². The van der Waals surface area contributed by atoms with Crippen LogP contribution in [0.5, 0.6) is 5.75 Å². The summed E-state index contributed by atoms with van der Waals surface area (Å²) in [5.41, 5.74) is 5.86. The Hall–Kier alpha value is -2.25. The summed E-state index contributed by atoms with van der Waals surface area (Å²) < 4.78 is 10.5. The van der Waals surface area contributed by atoms with Crippen LogP contribution in [0.4, 0.5) is 0 Å². The second kappa shape index (κ2) is 8.56. The van der Waals surface area contributed by atoms with Crippen LogP contribution in [-0.4, -0.2) is 30.8 Å². The highest BCUT2D eigenvalue weighted by molar-refractivity contribution is 7.09. The van der Waals surface area contributed by atoms with Gasteiger partial charge in [0.15, 0.2) is 0 Å². The van der Waals surface area contributed by atoms with Crippen LogP contribution in [0.15, 0.2) is 28.7 Å². The first kappa shape index (κ1) is 18.1. The maximum atomic E-state index is 11.9. The van der Waals surface area contributed by atoms with E-state index in [0.29, 0.717) is 12.3 Å². The molecule has 0 saturated carbocycles. The fourth-order valence-electron chi connectivity index (χ4n) is 2.18. The summed E-state index contributed by atoms with van der Waals surface area (Å²) in [7, 11) is 3.25. The standard InChI is InChI=1S/C17H21N3O3S/c1-11(13-5-6-16(23-4)14(7-13)9-22-3)19-20-17(21)8-15-10-24-12(2)18-15/h5-7,10H,8-9H2,1-4H3,(H,20,21)/b19-11-. The molecule has 0 fully saturated rings. The molecule has 1 aromatic carbocycles. The first-order valence-corrected chi connectivity index (χ1v) is 8.31. The Bertz CT molecular complexity index is 740. The number of hydrazone groups is 1. The lowest BCUT2D eigenvalue weighted by atomic mass is 10.1. The van der Waals surface area contributed by atoms with E-state index in [1.165, 1.54) is 11.3 Å². The number of carbonyl (C=O) groups is 1. The van der Waals surface area contributed by atoms with Crippen molar-refractivity contribution in [3.05, 3.63) is 45.4 Å². The van der Waals surface area contributed by atoms with E-state index in [9.17, 15) is 4.79 Å². The van der Waals surface area contributed by atoms with Crippen molar-refractivity contribution in [3.8, 4) is 5.75 Å². The molecule has 2 aromatic rings. The number of amides is 1. The smallest absolute Gasteiger partial charge is 0.246 e. The Morgan fingerprint density at radius 2 is 2.17 bits per heavy atom. The summed E-state index contributed by atoms with van der Waals surface area (Å²) in [4.78, 5) is 16.2. The lowest BCUT2D eigenvalue weighted by Crippen LogP contribution is -2.21.